The Morgan fingerprint density at radius 1 is 1.47 bits per heavy atom. The Morgan fingerprint density at radius 3 is 2.89 bits per heavy atom. The van der Waals surface area contributed by atoms with Gasteiger partial charge in [-0.15, -0.1) is 11.3 Å². The van der Waals surface area contributed by atoms with Gasteiger partial charge < -0.3 is 15.8 Å². The van der Waals surface area contributed by atoms with Crippen LogP contribution < -0.4 is 11.1 Å². The first-order valence-corrected chi connectivity index (χ1v) is 6.99. The summed E-state index contributed by atoms with van der Waals surface area (Å²) in [5, 5.41) is 3.84. The van der Waals surface area contributed by atoms with Crippen molar-refractivity contribution in [2.24, 2.45) is 5.92 Å². The number of nitrogen functional groups attached to an aromatic ring is 1. The second-order valence-corrected chi connectivity index (χ2v) is 5.66. The van der Waals surface area contributed by atoms with Gasteiger partial charge in [0.25, 0.3) is 5.91 Å². The molecule has 0 bridgehead atoms. The molecule has 0 aliphatic heterocycles. The predicted molar refractivity (Wildman–Crippen MR) is 79.6 cm³/mol. The van der Waals surface area contributed by atoms with E-state index in [2.05, 4.69) is 5.32 Å². The maximum atomic E-state index is 12.1. The number of anilines is 1. The highest BCUT2D eigenvalue weighted by atomic mass is 32.1. The van der Waals surface area contributed by atoms with E-state index in [9.17, 15) is 4.79 Å². The first-order valence-electron chi connectivity index (χ1n) is 6.17. The fourth-order valence-electron chi connectivity index (χ4n) is 1.92. The van der Waals surface area contributed by atoms with Crippen LogP contribution in [0.25, 0.3) is 10.1 Å². The monoisotopic (exact) mass is 278 g/mol. The average Bonchev–Trinajstić information content (AvgIpc) is 2.74. The number of hydrogen-bond donors (Lipinski definition) is 2. The van der Waals surface area contributed by atoms with Crippen molar-refractivity contribution in [2.45, 2.75) is 6.92 Å². The molecule has 0 aliphatic carbocycles. The highest BCUT2D eigenvalue weighted by Crippen LogP contribution is 2.33. The summed E-state index contributed by atoms with van der Waals surface area (Å²) in [5.41, 5.74) is 6.60. The van der Waals surface area contributed by atoms with E-state index in [1.54, 1.807) is 7.11 Å². The zero-order chi connectivity index (χ0) is 13.8. The highest BCUT2D eigenvalue weighted by Gasteiger charge is 2.16. The van der Waals surface area contributed by atoms with Crippen LogP contribution in [0.2, 0.25) is 0 Å². The molecule has 0 saturated carbocycles. The summed E-state index contributed by atoms with van der Waals surface area (Å²) in [5.74, 6) is 0.172. The maximum Gasteiger partial charge on any atom is 0.263 e. The summed E-state index contributed by atoms with van der Waals surface area (Å²) in [7, 11) is 1.66. The third kappa shape index (κ3) is 3.05. The molecule has 0 fully saturated rings. The largest absolute Gasteiger partial charge is 0.397 e. The number of nitrogens with one attached hydrogen (secondary N) is 1. The molecule has 1 aromatic heterocycles. The number of rotatable bonds is 5. The molecule has 1 heterocycles. The summed E-state index contributed by atoms with van der Waals surface area (Å²) in [6.45, 7) is 3.24. The molecule has 2 aromatic rings. The van der Waals surface area contributed by atoms with Crippen molar-refractivity contribution < 1.29 is 9.53 Å². The SMILES string of the molecule is COCC(C)CNC(=O)c1sc2ccccc2c1N. The van der Waals surface area contributed by atoms with Crippen LogP contribution in [0, 0.1) is 5.92 Å². The van der Waals surface area contributed by atoms with E-state index in [1.165, 1.54) is 11.3 Å². The number of methoxy groups -OCH3 is 1. The van der Waals surface area contributed by atoms with Gasteiger partial charge in [0, 0.05) is 23.7 Å². The number of amides is 1. The van der Waals surface area contributed by atoms with Crippen molar-refractivity contribution in [1.82, 2.24) is 5.32 Å². The summed E-state index contributed by atoms with van der Waals surface area (Å²) in [6.07, 6.45) is 0. The van der Waals surface area contributed by atoms with E-state index < -0.39 is 0 Å². The molecule has 0 spiro atoms. The maximum absolute atomic E-state index is 12.1. The zero-order valence-electron chi connectivity index (χ0n) is 11.1. The topological polar surface area (TPSA) is 64.3 Å². The summed E-state index contributed by atoms with van der Waals surface area (Å²) < 4.78 is 6.08. The Balaban J connectivity index is 2.11. The molecule has 1 atom stereocenters. The summed E-state index contributed by atoms with van der Waals surface area (Å²) in [6, 6.07) is 7.78. The van der Waals surface area contributed by atoms with E-state index in [1.807, 2.05) is 31.2 Å². The van der Waals surface area contributed by atoms with Crippen LogP contribution in [0.15, 0.2) is 24.3 Å². The first-order chi connectivity index (χ1) is 9.13. The van der Waals surface area contributed by atoms with Crippen LogP contribution in [0.5, 0.6) is 0 Å². The lowest BCUT2D eigenvalue weighted by molar-refractivity contribution is 0.0939. The van der Waals surface area contributed by atoms with E-state index >= 15 is 0 Å². The molecular weight excluding hydrogens is 260 g/mol. The molecule has 1 aromatic carbocycles. The van der Waals surface area contributed by atoms with Gasteiger partial charge in [-0.05, 0) is 12.0 Å². The molecule has 0 radical (unpaired) electrons. The molecule has 3 N–H and O–H groups in total. The van der Waals surface area contributed by atoms with Crippen molar-refractivity contribution >= 4 is 33.0 Å². The fraction of sp³-hybridized carbons (Fsp3) is 0.357. The van der Waals surface area contributed by atoms with Gasteiger partial charge in [0.1, 0.15) is 4.88 Å². The number of fused-ring (bicyclic) bond motifs is 1. The van der Waals surface area contributed by atoms with E-state index in [4.69, 9.17) is 10.5 Å². The molecule has 0 saturated heterocycles. The van der Waals surface area contributed by atoms with Gasteiger partial charge in [-0.2, -0.15) is 0 Å². The van der Waals surface area contributed by atoms with Crippen LogP contribution in [0.4, 0.5) is 5.69 Å². The van der Waals surface area contributed by atoms with Gasteiger partial charge in [-0.3, -0.25) is 4.79 Å². The molecular formula is C14H18N2O2S. The first kappa shape index (κ1) is 13.8. The van der Waals surface area contributed by atoms with Gasteiger partial charge >= 0.3 is 0 Å². The van der Waals surface area contributed by atoms with E-state index in [0.717, 1.165) is 10.1 Å². The van der Waals surface area contributed by atoms with Crippen LogP contribution in [-0.2, 0) is 4.74 Å². The molecule has 1 unspecified atom stereocenters. The van der Waals surface area contributed by atoms with Gasteiger partial charge in [0.15, 0.2) is 0 Å². The molecule has 5 heteroatoms. The van der Waals surface area contributed by atoms with Crippen molar-refractivity contribution in [2.75, 3.05) is 26.0 Å². The van der Waals surface area contributed by atoms with Gasteiger partial charge in [-0.1, -0.05) is 25.1 Å². The Bertz CT molecular complexity index is 580. The fourth-order valence-corrected chi connectivity index (χ4v) is 2.96. The Hall–Kier alpha value is -1.59. The number of benzene rings is 1. The second-order valence-electron chi connectivity index (χ2n) is 4.61. The Labute approximate surface area is 116 Å². The van der Waals surface area contributed by atoms with E-state index in [-0.39, 0.29) is 11.8 Å². The molecule has 19 heavy (non-hydrogen) atoms. The average molecular weight is 278 g/mol. The molecule has 1 amide bonds. The minimum Gasteiger partial charge on any atom is -0.397 e. The van der Waals surface area contributed by atoms with Crippen molar-refractivity contribution in [3.05, 3.63) is 29.1 Å². The molecule has 0 aliphatic rings. The Kier molecular flexibility index (Phi) is 4.39. The van der Waals surface area contributed by atoms with Crippen LogP contribution >= 0.6 is 11.3 Å². The highest BCUT2D eigenvalue weighted by molar-refractivity contribution is 7.21. The molecule has 4 nitrogen and oxygen atoms in total. The third-order valence-corrected chi connectivity index (χ3v) is 4.09. The summed E-state index contributed by atoms with van der Waals surface area (Å²) >= 11 is 1.43. The number of nitrogens with two attached hydrogens (primary N) is 1. The van der Waals surface area contributed by atoms with Crippen molar-refractivity contribution in [3.63, 3.8) is 0 Å². The number of hydrogen-bond acceptors (Lipinski definition) is 4. The normalized spacial score (nSPS) is 12.5. The standard InChI is InChI=1S/C14H18N2O2S/c1-9(8-18-2)7-16-14(17)13-12(15)10-5-3-4-6-11(10)19-13/h3-6,9H,7-8,15H2,1-2H3,(H,16,17). The van der Waals surface area contributed by atoms with Crippen LogP contribution in [0.3, 0.4) is 0 Å². The smallest absolute Gasteiger partial charge is 0.263 e. The quantitative estimate of drug-likeness (QED) is 0.883. The third-order valence-electron chi connectivity index (χ3n) is 2.90. The molecule has 102 valence electrons. The lowest BCUT2D eigenvalue weighted by atomic mass is 10.2. The van der Waals surface area contributed by atoms with Crippen molar-refractivity contribution in [3.8, 4) is 0 Å². The lowest BCUT2D eigenvalue weighted by Gasteiger charge is -2.10. The predicted octanol–water partition coefficient (Wildman–Crippen LogP) is 2.50. The molecule has 2 rings (SSSR count). The lowest BCUT2D eigenvalue weighted by Crippen LogP contribution is -2.29. The van der Waals surface area contributed by atoms with Gasteiger partial charge in [0.2, 0.25) is 0 Å². The number of thiophene rings is 1. The minimum absolute atomic E-state index is 0.110. The summed E-state index contributed by atoms with van der Waals surface area (Å²) in [4.78, 5) is 12.7. The number of carbonyl (C=O) groups excluding carboxylic acids is 1. The zero-order valence-corrected chi connectivity index (χ0v) is 11.9. The van der Waals surface area contributed by atoms with Crippen molar-refractivity contribution in [1.29, 1.82) is 0 Å². The number of carbonyl (C=O) groups is 1. The number of ether oxygens (including phenoxy) is 1. The van der Waals surface area contributed by atoms with E-state index in [0.29, 0.717) is 23.7 Å². The Morgan fingerprint density at radius 2 is 2.21 bits per heavy atom. The van der Waals surface area contributed by atoms with Gasteiger partial charge in [0.05, 0.1) is 12.3 Å². The minimum atomic E-state index is -0.110. The van der Waals surface area contributed by atoms with Crippen LogP contribution in [0.1, 0.15) is 16.6 Å². The second kappa shape index (κ2) is 6.04. The van der Waals surface area contributed by atoms with Crippen LogP contribution in [-0.4, -0.2) is 26.2 Å². The van der Waals surface area contributed by atoms with Gasteiger partial charge in [-0.25, -0.2) is 0 Å².